The van der Waals surface area contributed by atoms with Gasteiger partial charge < -0.3 is 9.64 Å². The maximum Gasteiger partial charge on any atom is 0.328 e. The number of hydrogen-bond acceptors (Lipinski definition) is 7. The van der Waals surface area contributed by atoms with E-state index in [4.69, 9.17) is 9.73 Å². The SMILES string of the molecule is CCOC(=O)CN1C(=O)C2C(N=C3N(c4cccc(C)c4C)C(C)=C(C)N32)N(C)C1=O. The Morgan fingerprint density at radius 1 is 1.13 bits per heavy atom. The van der Waals surface area contributed by atoms with Crippen LogP contribution in [0.25, 0.3) is 0 Å². The number of hydrogen-bond donors (Lipinski definition) is 0. The van der Waals surface area contributed by atoms with Gasteiger partial charge in [0.1, 0.15) is 6.54 Å². The summed E-state index contributed by atoms with van der Waals surface area (Å²) in [6, 6.07) is 4.79. The summed E-state index contributed by atoms with van der Waals surface area (Å²) in [7, 11) is 1.60. The Hall–Kier alpha value is -3.36. The van der Waals surface area contributed by atoms with Gasteiger partial charge in [-0.15, -0.1) is 0 Å². The van der Waals surface area contributed by atoms with Gasteiger partial charge in [0.15, 0.2) is 12.2 Å². The first-order valence-electron chi connectivity index (χ1n) is 10.3. The largest absolute Gasteiger partial charge is 0.465 e. The number of likely N-dealkylation sites (N-methyl/N-ethyl adjacent to an activating group) is 1. The number of fused-ring (bicyclic) bond motifs is 3. The normalized spacial score (nSPS) is 22.8. The molecule has 9 heteroatoms. The monoisotopic (exact) mass is 425 g/mol. The molecule has 164 valence electrons. The molecule has 2 atom stereocenters. The van der Waals surface area contributed by atoms with Crippen molar-refractivity contribution in [2.24, 2.45) is 4.99 Å². The summed E-state index contributed by atoms with van der Waals surface area (Å²) < 4.78 is 4.95. The van der Waals surface area contributed by atoms with Crippen LogP contribution in [-0.2, 0) is 14.3 Å². The highest BCUT2D eigenvalue weighted by Gasteiger charge is 2.56. The number of benzene rings is 1. The number of imide groups is 1. The van der Waals surface area contributed by atoms with Gasteiger partial charge in [-0.25, -0.2) is 9.79 Å². The van der Waals surface area contributed by atoms with Gasteiger partial charge >= 0.3 is 12.0 Å². The first kappa shape index (κ1) is 20.9. The lowest BCUT2D eigenvalue weighted by molar-refractivity contribution is -0.150. The quantitative estimate of drug-likeness (QED) is 0.688. The lowest BCUT2D eigenvalue weighted by Gasteiger charge is -2.40. The van der Waals surface area contributed by atoms with Crippen LogP contribution in [0.1, 0.15) is 31.9 Å². The lowest BCUT2D eigenvalue weighted by Crippen LogP contribution is -2.65. The van der Waals surface area contributed by atoms with E-state index in [-0.39, 0.29) is 6.61 Å². The number of rotatable bonds is 4. The number of anilines is 1. The molecule has 3 aliphatic heterocycles. The van der Waals surface area contributed by atoms with Gasteiger partial charge in [-0.1, -0.05) is 12.1 Å². The Morgan fingerprint density at radius 3 is 2.52 bits per heavy atom. The molecular formula is C22H27N5O4. The third kappa shape index (κ3) is 2.98. The topological polar surface area (TPSA) is 85.8 Å². The molecule has 0 spiro atoms. The molecule has 0 bridgehead atoms. The van der Waals surface area contributed by atoms with Crippen LogP contribution in [0.2, 0.25) is 0 Å². The Balaban J connectivity index is 1.74. The smallest absolute Gasteiger partial charge is 0.328 e. The van der Waals surface area contributed by atoms with Gasteiger partial charge in [-0.05, 0) is 51.8 Å². The molecule has 0 aliphatic carbocycles. The Bertz CT molecular complexity index is 1050. The number of ether oxygens (including phenoxy) is 1. The summed E-state index contributed by atoms with van der Waals surface area (Å²) in [6.45, 7) is 9.49. The standard InChI is InChI=1S/C22H27N5O4/c1-7-31-17(28)11-25-20(29)18-19(24(6)22(25)30)23-21-26(14(4)15(5)27(18)21)16-10-8-9-12(2)13(16)3/h8-10,18-19H,7,11H2,1-6H3. The van der Waals surface area contributed by atoms with Crippen LogP contribution in [0.3, 0.4) is 0 Å². The molecule has 0 saturated carbocycles. The van der Waals surface area contributed by atoms with Crippen LogP contribution in [0.15, 0.2) is 34.6 Å². The highest BCUT2D eigenvalue weighted by atomic mass is 16.5. The predicted octanol–water partition coefficient (Wildman–Crippen LogP) is 2.20. The van der Waals surface area contributed by atoms with Gasteiger partial charge in [0.2, 0.25) is 5.96 Å². The van der Waals surface area contributed by atoms with E-state index < -0.39 is 36.7 Å². The van der Waals surface area contributed by atoms with E-state index in [1.54, 1.807) is 14.0 Å². The van der Waals surface area contributed by atoms with Crippen molar-refractivity contribution >= 4 is 29.6 Å². The number of nitrogens with zero attached hydrogens (tertiary/aromatic N) is 5. The van der Waals surface area contributed by atoms with Crippen molar-refractivity contribution in [1.82, 2.24) is 14.7 Å². The highest BCUT2D eigenvalue weighted by Crippen LogP contribution is 2.41. The number of carbonyl (C=O) groups excluding carboxylic acids is 3. The lowest BCUT2D eigenvalue weighted by atomic mass is 10.1. The minimum atomic E-state index is -0.725. The fourth-order valence-corrected chi connectivity index (χ4v) is 4.36. The molecule has 4 rings (SSSR count). The molecule has 1 saturated heterocycles. The summed E-state index contributed by atoms with van der Waals surface area (Å²) in [5.74, 6) is -0.448. The predicted molar refractivity (Wildman–Crippen MR) is 115 cm³/mol. The number of carbonyl (C=O) groups is 3. The van der Waals surface area contributed by atoms with Crippen LogP contribution < -0.4 is 4.90 Å². The molecule has 3 amide bonds. The number of urea groups is 1. The average molecular weight is 425 g/mol. The second-order valence-corrected chi connectivity index (χ2v) is 8.01. The third-order valence-corrected chi connectivity index (χ3v) is 6.30. The molecule has 9 nitrogen and oxygen atoms in total. The molecule has 0 radical (unpaired) electrons. The summed E-state index contributed by atoms with van der Waals surface area (Å²) in [6.07, 6.45) is -0.663. The van der Waals surface area contributed by atoms with Crippen LogP contribution in [0, 0.1) is 13.8 Å². The van der Waals surface area contributed by atoms with Gasteiger partial charge in [0.25, 0.3) is 5.91 Å². The number of guanidine groups is 1. The maximum absolute atomic E-state index is 13.4. The molecular weight excluding hydrogens is 398 g/mol. The van der Waals surface area contributed by atoms with Crippen LogP contribution in [0.4, 0.5) is 10.5 Å². The molecule has 0 N–H and O–H groups in total. The van der Waals surface area contributed by atoms with Crippen LogP contribution in [-0.4, -0.2) is 71.0 Å². The van der Waals surface area contributed by atoms with E-state index in [0.717, 1.165) is 33.1 Å². The minimum Gasteiger partial charge on any atom is -0.465 e. The van der Waals surface area contributed by atoms with E-state index in [1.165, 1.54) is 4.90 Å². The number of aliphatic imine (C=N–C) groups is 1. The summed E-state index contributed by atoms with van der Waals surface area (Å²) in [4.78, 5) is 49.3. The van der Waals surface area contributed by atoms with E-state index in [2.05, 4.69) is 19.9 Å². The first-order valence-corrected chi connectivity index (χ1v) is 10.3. The molecule has 3 heterocycles. The van der Waals surface area contributed by atoms with E-state index in [0.29, 0.717) is 5.96 Å². The molecule has 1 aromatic rings. The summed E-state index contributed by atoms with van der Waals surface area (Å²) in [5, 5.41) is 0. The molecule has 1 aromatic carbocycles. The van der Waals surface area contributed by atoms with Gasteiger partial charge in [0.05, 0.1) is 12.3 Å². The van der Waals surface area contributed by atoms with Gasteiger partial charge in [-0.3, -0.25) is 24.3 Å². The minimum absolute atomic E-state index is 0.183. The van der Waals surface area contributed by atoms with E-state index >= 15 is 0 Å². The van der Waals surface area contributed by atoms with Crippen molar-refractivity contribution in [3.8, 4) is 0 Å². The zero-order valence-electron chi connectivity index (χ0n) is 18.7. The van der Waals surface area contributed by atoms with E-state index in [1.807, 2.05) is 35.8 Å². The van der Waals surface area contributed by atoms with Crippen molar-refractivity contribution in [3.63, 3.8) is 0 Å². The summed E-state index contributed by atoms with van der Waals surface area (Å²) in [5.41, 5.74) is 5.12. The highest BCUT2D eigenvalue weighted by molar-refractivity contribution is 6.11. The fourth-order valence-electron chi connectivity index (χ4n) is 4.36. The third-order valence-electron chi connectivity index (χ3n) is 6.30. The molecule has 2 unspecified atom stereocenters. The van der Waals surface area contributed by atoms with Crippen LogP contribution in [0.5, 0.6) is 0 Å². The van der Waals surface area contributed by atoms with Crippen molar-refractivity contribution in [1.29, 1.82) is 0 Å². The molecule has 3 aliphatic rings. The Labute approximate surface area is 181 Å². The fraction of sp³-hybridized carbons (Fsp3) is 0.455. The van der Waals surface area contributed by atoms with Gasteiger partial charge in [-0.2, -0.15) is 0 Å². The molecule has 0 aromatic heterocycles. The molecule has 31 heavy (non-hydrogen) atoms. The van der Waals surface area contributed by atoms with Crippen molar-refractivity contribution in [2.75, 3.05) is 25.1 Å². The first-order chi connectivity index (χ1) is 14.7. The van der Waals surface area contributed by atoms with Crippen molar-refractivity contribution < 1.29 is 19.1 Å². The van der Waals surface area contributed by atoms with Gasteiger partial charge in [0, 0.05) is 18.4 Å². The maximum atomic E-state index is 13.4. The number of aryl methyl sites for hydroxylation is 1. The van der Waals surface area contributed by atoms with Crippen LogP contribution >= 0.6 is 0 Å². The van der Waals surface area contributed by atoms with Crippen molar-refractivity contribution in [3.05, 3.63) is 40.7 Å². The zero-order valence-corrected chi connectivity index (χ0v) is 18.7. The van der Waals surface area contributed by atoms with E-state index in [9.17, 15) is 14.4 Å². The summed E-state index contributed by atoms with van der Waals surface area (Å²) >= 11 is 0. The Kier molecular flexibility index (Phi) is 4.99. The second-order valence-electron chi connectivity index (χ2n) is 8.01. The number of allylic oxidation sites excluding steroid dienone is 2. The molecule has 1 fully saturated rings. The number of amides is 3. The number of esters is 1. The second kappa shape index (κ2) is 7.40. The average Bonchev–Trinajstić information content (AvgIpc) is 3.22. The Morgan fingerprint density at radius 2 is 1.84 bits per heavy atom. The zero-order chi connectivity index (χ0) is 22.6. The van der Waals surface area contributed by atoms with Crippen molar-refractivity contribution in [2.45, 2.75) is 46.8 Å².